The maximum absolute atomic E-state index is 13.6. The number of halogens is 4. The molecule has 0 aliphatic heterocycles. The van der Waals surface area contributed by atoms with Crippen LogP contribution in [0.1, 0.15) is 35.7 Å². The zero-order valence-corrected chi connectivity index (χ0v) is 12.4. The molecule has 1 aromatic heterocycles. The van der Waals surface area contributed by atoms with E-state index in [0.29, 0.717) is 17.8 Å². The third-order valence-corrected chi connectivity index (χ3v) is 3.98. The lowest BCUT2D eigenvalue weighted by atomic mass is 9.93. The van der Waals surface area contributed by atoms with Crippen LogP contribution in [0.4, 0.5) is 17.6 Å². The zero-order valence-electron chi connectivity index (χ0n) is 12.4. The lowest BCUT2D eigenvalue weighted by Gasteiger charge is -2.22. The molecule has 7 heteroatoms. The smallest absolute Gasteiger partial charge is 0.304 e. The number of hydrogen-bond donors (Lipinski definition) is 1. The van der Waals surface area contributed by atoms with E-state index in [1.165, 1.54) is 12.3 Å². The van der Waals surface area contributed by atoms with E-state index >= 15 is 0 Å². The van der Waals surface area contributed by atoms with E-state index in [1.807, 2.05) is 0 Å². The summed E-state index contributed by atoms with van der Waals surface area (Å²) in [5, 5.41) is 7.31. The molecule has 0 saturated heterocycles. The lowest BCUT2D eigenvalue weighted by molar-refractivity contribution is -0.142. The highest BCUT2D eigenvalue weighted by Gasteiger charge is 2.30. The van der Waals surface area contributed by atoms with E-state index in [4.69, 9.17) is 0 Å². The molecule has 1 aliphatic carbocycles. The van der Waals surface area contributed by atoms with Gasteiger partial charge in [-0.1, -0.05) is 18.2 Å². The van der Waals surface area contributed by atoms with Gasteiger partial charge in [0.05, 0.1) is 11.7 Å². The molecule has 3 nitrogen and oxygen atoms in total. The molecular weight excluding hydrogens is 310 g/mol. The van der Waals surface area contributed by atoms with E-state index in [-0.39, 0.29) is 11.9 Å². The molecule has 0 amide bonds. The largest absolute Gasteiger partial charge is 0.408 e. The van der Waals surface area contributed by atoms with Gasteiger partial charge in [0.2, 0.25) is 0 Å². The molecule has 0 radical (unpaired) electrons. The Morgan fingerprint density at radius 1 is 1.26 bits per heavy atom. The van der Waals surface area contributed by atoms with Crippen LogP contribution in [0.25, 0.3) is 0 Å². The van der Waals surface area contributed by atoms with Crippen LogP contribution in [0, 0.1) is 5.82 Å². The van der Waals surface area contributed by atoms with E-state index in [0.717, 1.165) is 29.5 Å². The van der Waals surface area contributed by atoms with Crippen molar-refractivity contribution in [3.8, 4) is 0 Å². The highest BCUT2D eigenvalue weighted by Crippen LogP contribution is 2.30. The Labute approximate surface area is 131 Å². The van der Waals surface area contributed by atoms with Crippen molar-refractivity contribution in [2.75, 3.05) is 0 Å². The lowest BCUT2D eigenvalue weighted by Crippen LogP contribution is -2.25. The van der Waals surface area contributed by atoms with E-state index in [1.54, 1.807) is 18.2 Å². The molecule has 1 unspecified atom stereocenters. The minimum absolute atomic E-state index is 0.146. The highest BCUT2D eigenvalue weighted by molar-refractivity contribution is 5.24. The second-order valence-corrected chi connectivity index (χ2v) is 5.77. The first-order valence-corrected chi connectivity index (χ1v) is 7.52. The van der Waals surface area contributed by atoms with Crippen LogP contribution in [0.5, 0.6) is 0 Å². The third kappa shape index (κ3) is 3.90. The molecule has 23 heavy (non-hydrogen) atoms. The van der Waals surface area contributed by atoms with Gasteiger partial charge in [-0.25, -0.2) is 4.39 Å². The van der Waals surface area contributed by atoms with Gasteiger partial charge < -0.3 is 5.32 Å². The molecule has 0 bridgehead atoms. The van der Waals surface area contributed by atoms with Gasteiger partial charge in [-0.15, -0.1) is 0 Å². The number of aromatic nitrogens is 2. The Balaban J connectivity index is 1.72. The molecule has 0 spiro atoms. The van der Waals surface area contributed by atoms with Crippen molar-refractivity contribution >= 4 is 0 Å². The predicted molar refractivity (Wildman–Crippen MR) is 77.2 cm³/mol. The summed E-state index contributed by atoms with van der Waals surface area (Å²) in [5.74, 6) is -0.293. The fraction of sp³-hybridized carbons (Fsp3) is 0.438. The van der Waals surface area contributed by atoms with E-state index < -0.39 is 12.7 Å². The van der Waals surface area contributed by atoms with Crippen molar-refractivity contribution < 1.29 is 17.6 Å². The third-order valence-electron chi connectivity index (χ3n) is 3.98. The topological polar surface area (TPSA) is 29.9 Å². The molecule has 0 fully saturated rings. The molecule has 1 heterocycles. The van der Waals surface area contributed by atoms with Crippen LogP contribution < -0.4 is 5.32 Å². The molecule has 1 atom stereocenters. The van der Waals surface area contributed by atoms with Gasteiger partial charge in [-0.3, -0.25) is 4.68 Å². The van der Waals surface area contributed by atoms with Gasteiger partial charge >= 0.3 is 6.18 Å². The van der Waals surface area contributed by atoms with Crippen molar-refractivity contribution in [3.05, 3.63) is 53.1 Å². The summed E-state index contributed by atoms with van der Waals surface area (Å²) in [7, 11) is 0. The minimum Gasteiger partial charge on any atom is -0.304 e. The molecule has 124 valence electrons. The first kappa shape index (κ1) is 16.0. The number of fused-ring (bicyclic) bond motifs is 1. The standard InChI is InChI=1S/C16H17F4N3/c17-13-6-2-1-4-11(13)8-21-14-7-3-5-12-9-23(22-15(12)14)10-16(18,19)20/h1-2,4,6,9,14,21H,3,5,7-8,10H2. The summed E-state index contributed by atoms with van der Waals surface area (Å²) >= 11 is 0. The van der Waals surface area contributed by atoms with Gasteiger partial charge in [0, 0.05) is 18.3 Å². The van der Waals surface area contributed by atoms with Crippen molar-refractivity contribution in [1.29, 1.82) is 0 Å². The van der Waals surface area contributed by atoms with Crippen molar-refractivity contribution in [2.45, 2.75) is 44.6 Å². The quantitative estimate of drug-likeness (QED) is 0.867. The number of nitrogens with one attached hydrogen (secondary N) is 1. The summed E-state index contributed by atoms with van der Waals surface area (Å²) in [6, 6.07) is 6.31. The van der Waals surface area contributed by atoms with Crippen LogP contribution in [0.15, 0.2) is 30.5 Å². The predicted octanol–water partition coefficient (Wildman–Crippen LogP) is 3.75. The summed E-state index contributed by atoms with van der Waals surface area (Å²) < 4.78 is 52.1. The molecule has 1 aromatic carbocycles. The molecule has 0 saturated carbocycles. The van der Waals surface area contributed by atoms with Gasteiger partial charge in [0.1, 0.15) is 12.4 Å². The molecule has 3 rings (SSSR count). The van der Waals surface area contributed by atoms with Crippen molar-refractivity contribution in [1.82, 2.24) is 15.1 Å². The Hall–Kier alpha value is -1.89. The number of aryl methyl sites for hydroxylation is 1. The Morgan fingerprint density at radius 3 is 2.78 bits per heavy atom. The Morgan fingerprint density at radius 2 is 2.04 bits per heavy atom. The van der Waals surface area contributed by atoms with Gasteiger partial charge in [-0.05, 0) is 30.9 Å². The number of rotatable bonds is 4. The van der Waals surface area contributed by atoms with Crippen molar-refractivity contribution in [2.24, 2.45) is 0 Å². The number of alkyl halides is 3. The maximum Gasteiger partial charge on any atom is 0.408 e. The summed E-state index contributed by atoms with van der Waals surface area (Å²) in [6.45, 7) is -0.761. The minimum atomic E-state index is -4.29. The number of benzene rings is 1. The molecule has 1 N–H and O–H groups in total. The maximum atomic E-state index is 13.6. The number of hydrogen-bond acceptors (Lipinski definition) is 2. The SMILES string of the molecule is Fc1ccccc1CNC1CCCc2cn(CC(F)(F)F)nc21. The van der Waals surface area contributed by atoms with Crippen LogP contribution in [0.2, 0.25) is 0 Å². The average molecular weight is 327 g/mol. The fourth-order valence-corrected chi connectivity index (χ4v) is 2.94. The average Bonchev–Trinajstić information content (AvgIpc) is 2.87. The fourth-order valence-electron chi connectivity index (χ4n) is 2.94. The molecule has 2 aromatic rings. The van der Waals surface area contributed by atoms with Crippen LogP contribution in [-0.4, -0.2) is 16.0 Å². The second-order valence-electron chi connectivity index (χ2n) is 5.77. The highest BCUT2D eigenvalue weighted by atomic mass is 19.4. The monoisotopic (exact) mass is 327 g/mol. The van der Waals surface area contributed by atoms with Gasteiger partial charge in [-0.2, -0.15) is 18.3 Å². The normalized spacial score (nSPS) is 18.0. The summed E-state index contributed by atoms with van der Waals surface area (Å²) in [6.07, 6.45) is -0.431. The van der Waals surface area contributed by atoms with E-state index in [2.05, 4.69) is 10.4 Å². The number of nitrogens with zero attached hydrogens (tertiary/aromatic N) is 2. The first-order valence-electron chi connectivity index (χ1n) is 7.52. The van der Waals surface area contributed by atoms with Crippen LogP contribution >= 0.6 is 0 Å². The Bertz CT molecular complexity index is 678. The van der Waals surface area contributed by atoms with Crippen molar-refractivity contribution in [3.63, 3.8) is 0 Å². The summed E-state index contributed by atoms with van der Waals surface area (Å²) in [4.78, 5) is 0. The zero-order chi connectivity index (χ0) is 16.4. The van der Waals surface area contributed by atoms with Gasteiger partial charge in [0.25, 0.3) is 0 Å². The van der Waals surface area contributed by atoms with Gasteiger partial charge in [0.15, 0.2) is 0 Å². The Kier molecular flexibility index (Phi) is 4.39. The molecule has 1 aliphatic rings. The first-order chi connectivity index (χ1) is 10.9. The van der Waals surface area contributed by atoms with Crippen LogP contribution in [0.3, 0.4) is 0 Å². The van der Waals surface area contributed by atoms with Crippen LogP contribution in [-0.2, 0) is 19.5 Å². The second kappa shape index (κ2) is 6.31. The molecular formula is C16H17F4N3. The van der Waals surface area contributed by atoms with E-state index in [9.17, 15) is 17.6 Å². The summed E-state index contributed by atoms with van der Waals surface area (Å²) in [5.41, 5.74) is 2.03.